The molecule has 0 aromatic heterocycles. The van der Waals surface area contributed by atoms with Crippen molar-refractivity contribution < 1.29 is 13.6 Å². The van der Waals surface area contributed by atoms with Crippen molar-refractivity contribution in [1.29, 1.82) is 0 Å². The van der Waals surface area contributed by atoms with E-state index in [-0.39, 0.29) is 4.47 Å². The summed E-state index contributed by atoms with van der Waals surface area (Å²) in [6.45, 7) is 1.52. The van der Waals surface area contributed by atoms with Gasteiger partial charge < -0.3 is 0 Å². The SMILES string of the molecule is CC(Br)C(=O)c1c(F)cc(Br)cc1F. The molecule has 5 heteroatoms. The maximum atomic E-state index is 13.2. The minimum Gasteiger partial charge on any atom is -0.293 e. The number of alkyl halides is 1. The first kappa shape index (κ1) is 11.8. The highest BCUT2D eigenvalue weighted by Crippen LogP contribution is 2.22. The van der Waals surface area contributed by atoms with E-state index in [4.69, 9.17) is 0 Å². The minimum absolute atomic E-state index is 0.270. The van der Waals surface area contributed by atoms with E-state index < -0.39 is 27.8 Å². The lowest BCUT2D eigenvalue weighted by Gasteiger charge is -2.06. The highest BCUT2D eigenvalue weighted by Gasteiger charge is 2.21. The standard InChI is InChI=1S/C9H6Br2F2O/c1-4(10)9(14)8-6(12)2-5(11)3-7(8)13/h2-4H,1H3. The van der Waals surface area contributed by atoms with Crippen LogP contribution in [-0.4, -0.2) is 10.6 Å². The third kappa shape index (κ3) is 2.39. The van der Waals surface area contributed by atoms with E-state index >= 15 is 0 Å². The van der Waals surface area contributed by atoms with Gasteiger partial charge in [-0.1, -0.05) is 31.9 Å². The molecule has 76 valence electrons. The molecular formula is C9H6Br2F2O. The molecule has 0 heterocycles. The molecule has 1 aromatic carbocycles. The van der Waals surface area contributed by atoms with Gasteiger partial charge in [-0.25, -0.2) is 8.78 Å². The van der Waals surface area contributed by atoms with Gasteiger partial charge in [-0.2, -0.15) is 0 Å². The molecule has 0 saturated heterocycles. The molecule has 1 nitrogen and oxygen atoms in total. The Labute approximate surface area is 96.8 Å². The average Bonchev–Trinajstić information content (AvgIpc) is 2.01. The van der Waals surface area contributed by atoms with E-state index in [0.717, 1.165) is 12.1 Å². The predicted molar refractivity (Wildman–Crippen MR) is 56.8 cm³/mol. The molecule has 0 spiro atoms. The highest BCUT2D eigenvalue weighted by molar-refractivity contribution is 9.10. The molecule has 0 saturated carbocycles. The summed E-state index contributed by atoms with van der Waals surface area (Å²) < 4.78 is 26.7. The smallest absolute Gasteiger partial charge is 0.182 e. The van der Waals surface area contributed by atoms with Crippen LogP contribution in [0.2, 0.25) is 0 Å². The summed E-state index contributed by atoms with van der Waals surface area (Å²) in [5.41, 5.74) is -0.502. The summed E-state index contributed by atoms with van der Waals surface area (Å²) in [6.07, 6.45) is 0. The fraction of sp³-hybridized carbons (Fsp3) is 0.222. The normalized spacial score (nSPS) is 12.6. The summed E-state index contributed by atoms with van der Waals surface area (Å²) in [5.74, 6) is -2.31. The molecule has 14 heavy (non-hydrogen) atoms. The molecule has 0 N–H and O–H groups in total. The van der Waals surface area contributed by atoms with E-state index in [1.54, 1.807) is 0 Å². The van der Waals surface area contributed by atoms with E-state index in [1.807, 2.05) is 0 Å². The number of hydrogen-bond donors (Lipinski definition) is 0. The van der Waals surface area contributed by atoms with Gasteiger partial charge in [-0.3, -0.25) is 4.79 Å². The zero-order valence-electron chi connectivity index (χ0n) is 7.15. The third-order valence-electron chi connectivity index (χ3n) is 1.61. The molecule has 0 bridgehead atoms. The van der Waals surface area contributed by atoms with Gasteiger partial charge >= 0.3 is 0 Å². The van der Waals surface area contributed by atoms with E-state index in [2.05, 4.69) is 31.9 Å². The van der Waals surface area contributed by atoms with Crippen LogP contribution >= 0.6 is 31.9 Å². The van der Waals surface area contributed by atoms with Gasteiger partial charge in [0, 0.05) is 4.47 Å². The van der Waals surface area contributed by atoms with E-state index in [1.165, 1.54) is 6.92 Å². The molecule has 1 rings (SSSR count). The second kappa shape index (κ2) is 4.49. The Balaban J connectivity index is 3.28. The molecule has 0 fully saturated rings. The second-order valence-electron chi connectivity index (χ2n) is 2.72. The van der Waals surface area contributed by atoms with Gasteiger partial charge in [0.15, 0.2) is 5.78 Å². The van der Waals surface area contributed by atoms with Crippen molar-refractivity contribution in [2.24, 2.45) is 0 Å². The zero-order valence-corrected chi connectivity index (χ0v) is 10.3. The molecule has 0 aliphatic carbocycles. The molecule has 0 radical (unpaired) electrons. The molecule has 1 atom stereocenters. The van der Waals surface area contributed by atoms with Crippen LogP contribution in [0.15, 0.2) is 16.6 Å². The van der Waals surface area contributed by atoms with Gasteiger partial charge in [0.25, 0.3) is 0 Å². The zero-order chi connectivity index (χ0) is 10.9. The second-order valence-corrected chi connectivity index (χ2v) is 5.01. The highest BCUT2D eigenvalue weighted by atomic mass is 79.9. The van der Waals surface area contributed by atoms with Gasteiger partial charge in [0.1, 0.15) is 11.6 Å². The van der Waals surface area contributed by atoms with Crippen LogP contribution in [0.5, 0.6) is 0 Å². The molecular weight excluding hydrogens is 322 g/mol. The first-order chi connectivity index (χ1) is 6.43. The van der Waals surface area contributed by atoms with Crippen molar-refractivity contribution in [3.05, 3.63) is 33.8 Å². The van der Waals surface area contributed by atoms with Gasteiger partial charge in [0.05, 0.1) is 10.4 Å². The first-order valence-corrected chi connectivity index (χ1v) is 5.47. The Hall–Kier alpha value is -0.290. The van der Waals surface area contributed by atoms with Crippen molar-refractivity contribution in [3.8, 4) is 0 Å². The van der Waals surface area contributed by atoms with Crippen LogP contribution in [-0.2, 0) is 0 Å². The lowest BCUT2D eigenvalue weighted by Crippen LogP contribution is -2.14. The van der Waals surface area contributed by atoms with Crippen LogP contribution < -0.4 is 0 Å². The van der Waals surface area contributed by atoms with Crippen molar-refractivity contribution >= 4 is 37.6 Å². The van der Waals surface area contributed by atoms with Crippen molar-refractivity contribution in [2.75, 3.05) is 0 Å². The van der Waals surface area contributed by atoms with Crippen LogP contribution in [0.1, 0.15) is 17.3 Å². The fourth-order valence-electron chi connectivity index (χ4n) is 0.976. The largest absolute Gasteiger partial charge is 0.293 e. The Morgan fingerprint density at radius 2 is 1.79 bits per heavy atom. The monoisotopic (exact) mass is 326 g/mol. The van der Waals surface area contributed by atoms with Crippen molar-refractivity contribution in [1.82, 2.24) is 0 Å². The van der Waals surface area contributed by atoms with Gasteiger partial charge in [-0.15, -0.1) is 0 Å². The fourth-order valence-corrected chi connectivity index (χ4v) is 1.61. The molecule has 1 aromatic rings. The summed E-state index contributed by atoms with van der Waals surface area (Å²) >= 11 is 5.90. The number of hydrogen-bond acceptors (Lipinski definition) is 1. The van der Waals surface area contributed by atoms with Crippen molar-refractivity contribution in [3.63, 3.8) is 0 Å². The number of ketones is 1. The first-order valence-electron chi connectivity index (χ1n) is 3.76. The summed E-state index contributed by atoms with van der Waals surface area (Å²) in [6, 6.07) is 2.12. The maximum absolute atomic E-state index is 13.2. The molecule has 0 aliphatic rings. The Morgan fingerprint density at radius 1 is 1.36 bits per heavy atom. The Morgan fingerprint density at radius 3 is 2.14 bits per heavy atom. The molecule has 1 unspecified atom stereocenters. The summed E-state index contributed by atoms with van der Waals surface area (Å²) in [4.78, 5) is 10.8. The van der Waals surface area contributed by atoms with Gasteiger partial charge in [-0.05, 0) is 19.1 Å². The molecule has 0 aliphatic heterocycles. The number of benzene rings is 1. The quantitative estimate of drug-likeness (QED) is 0.598. The van der Waals surface area contributed by atoms with Crippen LogP contribution in [0.25, 0.3) is 0 Å². The average molecular weight is 328 g/mol. The minimum atomic E-state index is -0.854. The Bertz CT molecular complexity index is 354. The van der Waals surface area contributed by atoms with Crippen LogP contribution in [0.3, 0.4) is 0 Å². The predicted octanol–water partition coefficient (Wildman–Crippen LogP) is 3.69. The van der Waals surface area contributed by atoms with E-state index in [0.29, 0.717) is 0 Å². The van der Waals surface area contributed by atoms with Gasteiger partial charge in [0.2, 0.25) is 0 Å². The number of carbonyl (C=O) groups excluding carboxylic acids is 1. The van der Waals surface area contributed by atoms with E-state index in [9.17, 15) is 13.6 Å². The van der Waals surface area contributed by atoms with Crippen LogP contribution in [0, 0.1) is 11.6 Å². The van der Waals surface area contributed by atoms with Crippen LogP contribution in [0.4, 0.5) is 8.78 Å². The maximum Gasteiger partial charge on any atom is 0.182 e. The topological polar surface area (TPSA) is 17.1 Å². The lowest BCUT2D eigenvalue weighted by atomic mass is 10.1. The summed E-state index contributed by atoms with van der Waals surface area (Å²) in [7, 11) is 0. The number of rotatable bonds is 2. The third-order valence-corrected chi connectivity index (χ3v) is 2.49. The van der Waals surface area contributed by atoms with Crippen molar-refractivity contribution in [2.45, 2.75) is 11.8 Å². The molecule has 0 amide bonds. The number of Topliss-reactive ketones (excluding diaryl/α,β-unsaturated/α-hetero) is 1. The number of carbonyl (C=O) groups is 1. The Kier molecular flexibility index (Phi) is 3.78. The number of halogens is 4. The lowest BCUT2D eigenvalue weighted by molar-refractivity contribution is 0.0988. The summed E-state index contributed by atoms with van der Waals surface area (Å²) in [5, 5.41) is 0.